The van der Waals surface area contributed by atoms with Crippen molar-refractivity contribution >= 4 is 0 Å². The highest BCUT2D eigenvalue weighted by Gasteiger charge is 2.40. The molecule has 0 aliphatic heterocycles. The zero-order valence-corrected chi connectivity index (χ0v) is 17.5. The number of hydrogen-bond acceptors (Lipinski definition) is 0. The minimum atomic E-state index is 0.336. The number of benzene rings is 4. The first kappa shape index (κ1) is 17.7. The smallest absolute Gasteiger partial charge is 0.0205 e. The van der Waals surface area contributed by atoms with Crippen LogP contribution in [-0.2, 0) is 0 Å². The van der Waals surface area contributed by atoms with E-state index in [0.29, 0.717) is 23.7 Å². The molecule has 4 aromatic rings. The predicted octanol–water partition coefficient (Wildman–Crippen LogP) is 7.58. The first-order valence-electron chi connectivity index (χ1n) is 11.1. The fourth-order valence-corrected chi connectivity index (χ4v) is 6.14. The molecule has 0 atom stereocenters. The van der Waals surface area contributed by atoms with Crippen LogP contribution in [0.3, 0.4) is 0 Å². The maximum absolute atomic E-state index is 2.37. The Morgan fingerprint density at radius 3 is 0.767 bits per heavy atom. The van der Waals surface area contributed by atoms with Crippen molar-refractivity contribution in [3.05, 3.63) is 142 Å². The molecule has 30 heavy (non-hydrogen) atoms. The fraction of sp³-hybridized carbons (Fsp3) is 0.200. The molecule has 0 heteroatoms. The van der Waals surface area contributed by atoms with Crippen LogP contribution in [-0.4, -0.2) is 0 Å². The third-order valence-corrected chi connectivity index (χ3v) is 7.52. The first-order valence-corrected chi connectivity index (χ1v) is 11.1. The normalized spacial score (nSPS) is 23.7. The molecule has 0 bridgehead atoms. The van der Waals surface area contributed by atoms with Crippen LogP contribution in [0.25, 0.3) is 0 Å². The van der Waals surface area contributed by atoms with E-state index in [2.05, 4.69) is 111 Å². The fourth-order valence-electron chi connectivity index (χ4n) is 6.14. The average molecular weight is 387 g/mol. The van der Waals surface area contributed by atoms with Gasteiger partial charge >= 0.3 is 0 Å². The van der Waals surface area contributed by atoms with Crippen LogP contribution in [0.1, 0.15) is 82.0 Å². The first-order chi connectivity index (χ1) is 14.8. The molecule has 146 valence electrons. The lowest BCUT2D eigenvalue weighted by atomic mass is 9.61. The molecular weight excluding hydrogens is 360 g/mol. The van der Waals surface area contributed by atoms with Crippen molar-refractivity contribution in [1.82, 2.24) is 0 Å². The maximum atomic E-state index is 2.37. The summed E-state index contributed by atoms with van der Waals surface area (Å²) >= 11 is 0. The third-order valence-electron chi connectivity index (χ3n) is 7.52. The van der Waals surface area contributed by atoms with Crippen molar-refractivity contribution in [2.45, 2.75) is 37.5 Å². The van der Waals surface area contributed by atoms with Crippen LogP contribution in [0, 0.1) is 0 Å². The van der Waals surface area contributed by atoms with Gasteiger partial charge in [-0.05, 0) is 44.5 Å². The highest BCUT2D eigenvalue weighted by Crippen LogP contribution is 2.55. The van der Waals surface area contributed by atoms with Crippen molar-refractivity contribution in [3.63, 3.8) is 0 Å². The van der Waals surface area contributed by atoms with Gasteiger partial charge < -0.3 is 0 Å². The van der Waals surface area contributed by atoms with Crippen molar-refractivity contribution in [1.29, 1.82) is 0 Å². The molecule has 0 N–H and O–H groups in total. The van der Waals surface area contributed by atoms with Gasteiger partial charge in [0.25, 0.3) is 0 Å². The maximum Gasteiger partial charge on any atom is 0.0205 e. The van der Waals surface area contributed by atoms with Crippen LogP contribution < -0.4 is 0 Å². The molecule has 4 aromatic carbocycles. The van der Waals surface area contributed by atoms with Crippen molar-refractivity contribution < 1.29 is 0 Å². The van der Waals surface area contributed by atoms with Crippen molar-refractivity contribution in [3.8, 4) is 0 Å². The molecule has 0 unspecified atom stereocenters. The quantitative estimate of drug-likeness (QED) is 0.316. The number of fused-ring (bicyclic) bond motifs is 4. The SMILES string of the molecule is CC1c2ccccc2C(C2c3ccccc3C(C)c3ccccc32)c2ccccc21. The molecule has 0 amide bonds. The minimum Gasteiger partial charge on any atom is -0.0620 e. The van der Waals surface area contributed by atoms with E-state index >= 15 is 0 Å². The Bertz CT molecular complexity index is 1050. The topological polar surface area (TPSA) is 0 Å². The summed E-state index contributed by atoms with van der Waals surface area (Å²) in [5.74, 6) is 1.54. The van der Waals surface area contributed by atoms with E-state index in [-0.39, 0.29) is 0 Å². The molecular formula is C30H26. The number of rotatable bonds is 1. The van der Waals surface area contributed by atoms with Crippen LogP contribution in [0.4, 0.5) is 0 Å². The second-order valence-electron chi connectivity index (χ2n) is 8.91. The van der Waals surface area contributed by atoms with Crippen LogP contribution in [0.5, 0.6) is 0 Å². The van der Waals surface area contributed by atoms with Gasteiger partial charge in [0, 0.05) is 23.7 Å². The van der Waals surface area contributed by atoms with E-state index in [0.717, 1.165) is 0 Å². The summed E-state index contributed by atoms with van der Waals surface area (Å²) in [5, 5.41) is 0. The summed E-state index contributed by atoms with van der Waals surface area (Å²) in [5.41, 5.74) is 11.9. The summed E-state index contributed by atoms with van der Waals surface area (Å²) in [6.07, 6.45) is 0. The van der Waals surface area contributed by atoms with E-state index < -0.39 is 0 Å². The standard InChI is InChI=1S/C30H26/c1-19-21-11-3-7-15-25(21)29(26-16-8-4-12-22(19)26)30-27-17-9-5-13-23(27)20(2)24-14-6-10-18-28(24)30/h3-20,29-30H,1-2H3. The van der Waals surface area contributed by atoms with Crippen LogP contribution in [0.2, 0.25) is 0 Å². The van der Waals surface area contributed by atoms with Gasteiger partial charge in [0.15, 0.2) is 0 Å². The highest BCUT2D eigenvalue weighted by molar-refractivity contribution is 5.60. The Morgan fingerprint density at radius 2 is 0.533 bits per heavy atom. The molecule has 0 nitrogen and oxygen atoms in total. The zero-order valence-electron chi connectivity index (χ0n) is 17.5. The van der Waals surface area contributed by atoms with Crippen LogP contribution in [0.15, 0.2) is 97.1 Å². The molecule has 6 rings (SSSR count). The predicted molar refractivity (Wildman–Crippen MR) is 124 cm³/mol. The Kier molecular flexibility index (Phi) is 3.96. The monoisotopic (exact) mass is 386 g/mol. The average Bonchev–Trinajstić information content (AvgIpc) is 2.81. The van der Waals surface area contributed by atoms with Gasteiger partial charge in [0.1, 0.15) is 0 Å². The Labute approximate surface area is 179 Å². The van der Waals surface area contributed by atoms with E-state index in [4.69, 9.17) is 0 Å². The van der Waals surface area contributed by atoms with Gasteiger partial charge in [-0.1, -0.05) is 111 Å². The van der Waals surface area contributed by atoms with Gasteiger partial charge in [0.2, 0.25) is 0 Å². The second-order valence-corrected chi connectivity index (χ2v) is 8.91. The molecule has 0 saturated carbocycles. The molecule has 0 radical (unpaired) electrons. The van der Waals surface area contributed by atoms with Gasteiger partial charge in [-0.2, -0.15) is 0 Å². The highest BCUT2D eigenvalue weighted by atomic mass is 14.4. The molecule has 2 aliphatic rings. The second kappa shape index (κ2) is 6.71. The van der Waals surface area contributed by atoms with Gasteiger partial charge in [-0.3, -0.25) is 0 Å². The van der Waals surface area contributed by atoms with Gasteiger partial charge in [0.05, 0.1) is 0 Å². The molecule has 0 heterocycles. The summed E-state index contributed by atoms with van der Waals surface area (Å²) < 4.78 is 0. The number of hydrogen-bond donors (Lipinski definition) is 0. The molecule has 0 aromatic heterocycles. The zero-order chi connectivity index (χ0) is 20.2. The lowest BCUT2D eigenvalue weighted by Crippen LogP contribution is -2.27. The third kappa shape index (κ3) is 2.40. The van der Waals surface area contributed by atoms with Gasteiger partial charge in [-0.15, -0.1) is 0 Å². The molecule has 0 saturated heterocycles. The van der Waals surface area contributed by atoms with Gasteiger partial charge in [-0.25, -0.2) is 0 Å². The summed E-state index contributed by atoms with van der Waals surface area (Å²) in [7, 11) is 0. The summed E-state index contributed by atoms with van der Waals surface area (Å²) in [4.78, 5) is 0. The Hall–Kier alpha value is -3.12. The Morgan fingerprint density at radius 1 is 0.333 bits per heavy atom. The van der Waals surface area contributed by atoms with Crippen LogP contribution >= 0.6 is 0 Å². The van der Waals surface area contributed by atoms with E-state index in [1.165, 1.54) is 44.5 Å². The molecule has 0 spiro atoms. The molecule has 0 fully saturated rings. The van der Waals surface area contributed by atoms with E-state index in [1.54, 1.807) is 0 Å². The minimum absolute atomic E-state index is 0.336. The summed E-state index contributed by atoms with van der Waals surface area (Å²) in [6.45, 7) is 4.72. The lowest BCUT2D eigenvalue weighted by molar-refractivity contribution is 0.617. The van der Waals surface area contributed by atoms with Crippen molar-refractivity contribution in [2.75, 3.05) is 0 Å². The molecule has 2 aliphatic carbocycles. The Balaban J connectivity index is 1.68. The lowest BCUT2D eigenvalue weighted by Gasteiger charge is -2.42. The summed E-state index contributed by atoms with van der Waals surface area (Å²) in [6, 6.07) is 36.5. The van der Waals surface area contributed by atoms with Crippen molar-refractivity contribution in [2.24, 2.45) is 0 Å². The van der Waals surface area contributed by atoms with E-state index in [9.17, 15) is 0 Å². The largest absolute Gasteiger partial charge is 0.0620 e. The van der Waals surface area contributed by atoms with E-state index in [1.807, 2.05) is 0 Å².